The van der Waals surface area contributed by atoms with Crippen molar-refractivity contribution in [2.75, 3.05) is 6.54 Å². The summed E-state index contributed by atoms with van der Waals surface area (Å²) in [5.41, 5.74) is 0. The molecule has 1 saturated heterocycles. The Morgan fingerprint density at radius 2 is 2.15 bits per heavy atom. The summed E-state index contributed by atoms with van der Waals surface area (Å²) in [5.74, 6) is 0.810. The summed E-state index contributed by atoms with van der Waals surface area (Å²) in [7, 11) is 0. The lowest BCUT2D eigenvalue weighted by Crippen LogP contribution is -2.45. The fraction of sp³-hybridized carbons (Fsp3) is 0.727. The molecular formula is C11H19NO. The first-order valence-electron chi connectivity index (χ1n) is 5.10. The van der Waals surface area contributed by atoms with Crippen molar-refractivity contribution in [3.05, 3.63) is 12.2 Å². The Bertz CT molecular complexity index is 210. The van der Waals surface area contributed by atoms with Crippen LogP contribution in [-0.2, 0) is 4.79 Å². The van der Waals surface area contributed by atoms with Crippen molar-refractivity contribution in [2.45, 2.75) is 39.7 Å². The van der Waals surface area contributed by atoms with Crippen LogP contribution in [0, 0.1) is 5.92 Å². The second-order valence-electron chi connectivity index (χ2n) is 3.89. The summed E-state index contributed by atoms with van der Waals surface area (Å²) in [6.45, 7) is 7.18. The van der Waals surface area contributed by atoms with Crippen molar-refractivity contribution >= 4 is 5.91 Å². The number of nitrogens with zero attached hydrogens (tertiary/aromatic N) is 1. The highest BCUT2D eigenvalue weighted by Gasteiger charge is 2.26. The van der Waals surface area contributed by atoms with E-state index in [4.69, 9.17) is 0 Å². The van der Waals surface area contributed by atoms with Gasteiger partial charge in [-0.3, -0.25) is 4.79 Å². The molecule has 0 aromatic heterocycles. The molecule has 0 bridgehead atoms. The molecule has 2 unspecified atom stereocenters. The second kappa shape index (κ2) is 4.45. The summed E-state index contributed by atoms with van der Waals surface area (Å²) in [5, 5.41) is 0. The molecule has 2 heteroatoms. The first kappa shape index (κ1) is 10.3. The zero-order valence-corrected chi connectivity index (χ0v) is 8.79. The SMILES string of the molecule is C/C=C/C(=O)N1CCCC(C)C1C. The minimum Gasteiger partial charge on any atom is -0.336 e. The molecule has 2 nitrogen and oxygen atoms in total. The van der Waals surface area contributed by atoms with Crippen molar-refractivity contribution in [3.63, 3.8) is 0 Å². The quantitative estimate of drug-likeness (QED) is 0.568. The first-order chi connectivity index (χ1) is 6.16. The Labute approximate surface area is 80.6 Å². The van der Waals surface area contributed by atoms with E-state index in [1.807, 2.05) is 17.9 Å². The van der Waals surface area contributed by atoms with E-state index in [9.17, 15) is 4.79 Å². The number of carbonyl (C=O) groups is 1. The lowest BCUT2D eigenvalue weighted by atomic mass is 9.92. The van der Waals surface area contributed by atoms with Gasteiger partial charge in [0.05, 0.1) is 0 Å². The molecule has 13 heavy (non-hydrogen) atoms. The second-order valence-corrected chi connectivity index (χ2v) is 3.89. The number of likely N-dealkylation sites (tertiary alicyclic amines) is 1. The molecule has 1 aliphatic heterocycles. The molecule has 1 amide bonds. The molecule has 1 rings (SSSR count). The molecular weight excluding hydrogens is 162 g/mol. The lowest BCUT2D eigenvalue weighted by Gasteiger charge is -2.37. The fourth-order valence-electron chi connectivity index (χ4n) is 1.88. The van der Waals surface area contributed by atoms with Crippen LogP contribution in [0.1, 0.15) is 33.6 Å². The number of piperidine rings is 1. The molecule has 2 atom stereocenters. The average molecular weight is 181 g/mol. The monoisotopic (exact) mass is 181 g/mol. The predicted octanol–water partition coefficient (Wildman–Crippen LogP) is 2.21. The Morgan fingerprint density at radius 1 is 1.46 bits per heavy atom. The maximum atomic E-state index is 11.6. The zero-order valence-electron chi connectivity index (χ0n) is 8.79. The molecule has 1 heterocycles. The first-order valence-corrected chi connectivity index (χ1v) is 5.10. The summed E-state index contributed by atoms with van der Waals surface area (Å²) in [6, 6.07) is 0.400. The largest absolute Gasteiger partial charge is 0.336 e. The molecule has 0 aliphatic carbocycles. The summed E-state index contributed by atoms with van der Waals surface area (Å²) < 4.78 is 0. The fourth-order valence-corrected chi connectivity index (χ4v) is 1.88. The molecule has 74 valence electrons. The van der Waals surface area contributed by atoms with Gasteiger partial charge < -0.3 is 4.90 Å². The van der Waals surface area contributed by atoms with Crippen molar-refractivity contribution in [3.8, 4) is 0 Å². The Kier molecular flexibility index (Phi) is 3.52. The van der Waals surface area contributed by atoms with Gasteiger partial charge in [-0.15, -0.1) is 0 Å². The van der Waals surface area contributed by atoms with E-state index in [0.717, 1.165) is 13.0 Å². The van der Waals surface area contributed by atoms with E-state index in [0.29, 0.717) is 12.0 Å². The normalized spacial score (nSPS) is 29.6. The van der Waals surface area contributed by atoms with Gasteiger partial charge in [-0.25, -0.2) is 0 Å². The van der Waals surface area contributed by atoms with Gasteiger partial charge in [0.25, 0.3) is 0 Å². The zero-order chi connectivity index (χ0) is 9.84. The van der Waals surface area contributed by atoms with E-state index < -0.39 is 0 Å². The van der Waals surface area contributed by atoms with E-state index in [-0.39, 0.29) is 5.91 Å². The molecule has 0 aromatic rings. The van der Waals surface area contributed by atoms with Crippen LogP contribution in [0.25, 0.3) is 0 Å². The average Bonchev–Trinajstić information content (AvgIpc) is 2.10. The van der Waals surface area contributed by atoms with Gasteiger partial charge in [0.2, 0.25) is 5.91 Å². The van der Waals surface area contributed by atoms with Gasteiger partial charge in [0, 0.05) is 12.6 Å². The highest BCUT2D eigenvalue weighted by Crippen LogP contribution is 2.22. The Balaban J connectivity index is 2.62. The number of carbonyl (C=O) groups excluding carboxylic acids is 1. The number of rotatable bonds is 1. The Hall–Kier alpha value is -0.790. The Morgan fingerprint density at radius 3 is 2.77 bits per heavy atom. The maximum absolute atomic E-state index is 11.6. The van der Waals surface area contributed by atoms with Crippen LogP contribution in [0.3, 0.4) is 0 Å². The number of amides is 1. The van der Waals surface area contributed by atoms with Crippen molar-refractivity contribution in [2.24, 2.45) is 5.92 Å². The molecule has 0 aromatic carbocycles. The van der Waals surface area contributed by atoms with Gasteiger partial charge in [-0.05, 0) is 38.7 Å². The molecule has 0 spiro atoms. The van der Waals surface area contributed by atoms with Crippen LogP contribution < -0.4 is 0 Å². The van der Waals surface area contributed by atoms with Gasteiger partial charge in [0.1, 0.15) is 0 Å². The molecule has 1 aliphatic rings. The highest BCUT2D eigenvalue weighted by molar-refractivity contribution is 5.87. The molecule has 0 radical (unpaired) electrons. The highest BCUT2D eigenvalue weighted by atomic mass is 16.2. The van der Waals surface area contributed by atoms with Crippen LogP contribution in [-0.4, -0.2) is 23.4 Å². The van der Waals surface area contributed by atoms with Gasteiger partial charge in [-0.2, -0.15) is 0 Å². The van der Waals surface area contributed by atoms with E-state index in [2.05, 4.69) is 13.8 Å². The number of allylic oxidation sites excluding steroid dienone is 1. The summed E-state index contributed by atoms with van der Waals surface area (Å²) >= 11 is 0. The van der Waals surface area contributed by atoms with Crippen LogP contribution in [0.5, 0.6) is 0 Å². The van der Waals surface area contributed by atoms with Gasteiger partial charge in [-0.1, -0.05) is 13.0 Å². The van der Waals surface area contributed by atoms with Gasteiger partial charge >= 0.3 is 0 Å². The van der Waals surface area contributed by atoms with Crippen LogP contribution >= 0.6 is 0 Å². The van der Waals surface area contributed by atoms with Gasteiger partial charge in [0.15, 0.2) is 0 Å². The van der Waals surface area contributed by atoms with E-state index in [1.54, 1.807) is 6.08 Å². The topological polar surface area (TPSA) is 20.3 Å². The third kappa shape index (κ3) is 2.33. The van der Waals surface area contributed by atoms with Crippen LogP contribution in [0.2, 0.25) is 0 Å². The standard InChI is InChI=1S/C11H19NO/c1-4-6-11(13)12-8-5-7-9(2)10(12)3/h4,6,9-10H,5,7-8H2,1-3H3/b6-4+. The molecule has 0 N–H and O–H groups in total. The predicted molar refractivity (Wildman–Crippen MR) is 54.4 cm³/mol. The number of hydrogen-bond donors (Lipinski definition) is 0. The molecule has 1 fully saturated rings. The lowest BCUT2D eigenvalue weighted by molar-refractivity contribution is -0.130. The van der Waals surface area contributed by atoms with Crippen LogP contribution in [0.4, 0.5) is 0 Å². The summed E-state index contributed by atoms with van der Waals surface area (Å²) in [6.07, 6.45) is 5.87. The van der Waals surface area contributed by atoms with E-state index >= 15 is 0 Å². The number of hydrogen-bond acceptors (Lipinski definition) is 1. The maximum Gasteiger partial charge on any atom is 0.246 e. The smallest absolute Gasteiger partial charge is 0.246 e. The third-order valence-electron chi connectivity index (χ3n) is 2.97. The van der Waals surface area contributed by atoms with Crippen molar-refractivity contribution in [1.29, 1.82) is 0 Å². The summed E-state index contributed by atoms with van der Waals surface area (Å²) in [4.78, 5) is 13.6. The van der Waals surface area contributed by atoms with E-state index in [1.165, 1.54) is 6.42 Å². The van der Waals surface area contributed by atoms with Crippen molar-refractivity contribution in [1.82, 2.24) is 4.90 Å². The minimum absolute atomic E-state index is 0.168. The third-order valence-corrected chi connectivity index (χ3v) is 2.97. The van der Waals surface area contributed by atoms with Crippen LogP contribution in [0.15, 0.2) is 12.2 Å². The van der Waals surface area contributed by atoms with Crippen molar-refractivity contribution < 1.29 is 4.79 Å². The minimum atomic E-state index is 0.168. The molecule has 0 saturated carbocycles.